The minimum Gasteiger partial charge on any atom is -0.269 e. The summed E-state index contributed by atoms with van der Waals surface area (Å²) in [7, 11) is 0. The maximum atomic E-state index is 14.0. The lowest BCUT2D eigenvalue weighted by atomic mass is 10.1. The second-order valence-corrected chi connectivity index (χ2v) is 5.18. The van der Waals surface area contributed by atoms with Crippen LogP contribution < -0.4 is 0 Å². The van der Waals surface area contributed by atoms with Crippen molar-refractivity contribution in [3.63, 3.8) is 0 Å². The quantitative estimate of drug-likeness (QED) is 0.476. The Morgan fingerprint density at radius 1 is 0.960 bits per heavy atom. The summed E-state index contributed by atoms with van der Waals surface area (Å²) in [5.74, 6) is -2.61. The average Bonchev–Trinajstić information content (AvgIpc) is 2.80. The van der Waals surface area contributed by atoms with Crippen molar-refractivity contribution in [2.24, 2.45) is 0 Å². The first-order chi connectivity index (χ1) is 11.8. The third-order valence-corrected chi connectivity index (χ3v) is 3.77. The van der Waals surface area contributed by atoms with Crippen molar-refractivity contribution in [3.8, 4) is 0 Å². The van der Waals surface area contributed by atoms with Gasteiger partial charge in [0.05, 0.1) is 33.1 Å². The van der Waals surface area contributed by atoms with E-state index in [0.717, 1.165) is 36.4 Å². The zero-order valence-corrected chi connectivity index (χ0v) is 12.3. The van der Waals surface area contributed by atoms with Gasteiger partial charge in [-0.15, -0.1) is 0 Å². The van der Waals surface area contributed by atoms with E-state index in [1.807, 2.05) is 0 Å². The van der Waals surface area contributed by atoms with E-state index in [2.05, 4.69) is 0 Å². The zero-order valence-electron chi connectivity index (χ0n) is 12.3. The molecule has 2 amide bonds. The summed E-state index contributed by atoms with van der Waals surface area (Å²) in [6.07, 6.45) is 0. The maximum absolute atomic E-state index is 14.0. The van der Waals surface area contributed by atoms with E-state index in [0.29, 0.717) is 4.90 Å². The van der Waals surface area contributed by atoms with Crippen molar-refractivity contribution < 1.29 is 23.8 Å². The molecular formula is C15H8FN3O6. The standard InChI is InChI=1S/C15H8FN3O6/c16-12-2-1-3-13(19(24)25)11(12)7-17-14(20)9-5-4-8(18(22)23)6-10(9)15(17)21/h1-6H,7H2. The Kier molecular flexibility index (Phi) is 3.72. The van der Waals surface area contributed by atoms with Crippen LogP contribution in [0.1, 0.15) is 26.3 Å². The number of imide groups is 1. The van der Waals surface area contributed by atoms with Crippen LogP contribution in [0.5, 0.6) is 0 Å². The number of halogens is 1. The number of amides is 2. The number of hydrogen-bond donors (Lipinski definition) is 0. The lowest BCUT2D eigenvalue weighted by molar-refractivity contribution is -0.385. The van der Waals surface area contributed by atoms with E-state index in [1.165, 1.54) is 0 Å². The SMILES string of the molecule is O=C1c2ccc([N+](=O)[O-])cc2C(=O)N1Cc1c(F)cccc1[N+](=O)[O-]. The van der Waals surface area contributed by atoms with E-state index in [9.17, 15) is 34.2 Å². The maximum Gasteiger partial charge on any atom is 0.277 e. The lowest BCUT2D eigenvalue weighted by Gasteiger charge is -2.14. The van der Waals surface area contributed by atoms with Crippen LogP contribution in [-0.4, -0.2) is 26.6 Å². The Morgan fingerprint density at radius 3 is 2.28 bits per heavy atom. The minimum absolute atomic E-state index is 0.0745. The zero-order chi connectivity index (χ0) is 18.3. The van der Waals surface area contributed by atoms with Gasteiger partial charge in [-0.05, 0) is 12.1 Å². The van der Waals surface area contributed by atoms with Gasteiger partial charge in [-0.1, -0.05) is 6.07 Å². The predicted molar refractivity (Wildman–Crippen MR) is 80.4 cm³/mol. The fraction of sp³-hybridized carbons (Fsp3) is 0.0667. The largest absolute Gasteiger partial charge is 0.277 e. The third kappa shape index (κ3) is 2.59. The van der Waals surface area contributed by atoms with Gasteiger partial charge in [0.25, 0.3) is 23.2 Å². The molecule has 0 N–H and O–H groups in total. The van der Waals surface area contributed by atoms with Crippen molar-refractivity contribution in [1.82, 2.24) is 4.90 Å². The van der Waals surface area contributed by atoms with Crippen LogP contribution in [0, 0.1) is 26.0 Å². The Hall–Kier alpha value is -3.69. The number of nitrogens with zero attached hydrogens (tertiary/aromatic N) is 3. The average molecular weight is 345 g/mol. The number of nitro groups is 2. The number of nitro benzene ring substituents is 2. The highest BCUT2D eigenvalue weighted by atomic mass is 19.1. The smallest absolute Gasteiger partial charge is 0.269 e. The first kappa shape index (κ1) is 16.2. The molecule has 126 valence electrons. The lowest BCUT2D eigenvalue weighted by Crippen LogP contribution is -2.29. The molecule has 10 heteroatoms. The topological polar surface area (TPSA) is 124 Å². The normalized spacial score (nSPS) is 13.1. The fourth-order valence-corrected chi connectivity index (χ4v) is 2.57. The van der Waals surface area contributed by atoms with Gasteiger partial charge < -0.3 is 0 Å². The summed E-state index contributed by atoms with van der Waals surface area (Å²) in [6.45, 7) is -0.650. The molecule has 0 saturated heterocycles. The molecule has 1 aliphatic heterocycles. The predicted octanol–water partition coefficient (Wildman–Crippen LogP) is 2.44. The summed E-state index contributed by atoms with van der Waals surface area (Å²) in [6, 6.07) is 6.32. The fourth-order valence-electron chi connectivity index (χ4n) is 2.57. The van der Waals surface area contributed by atoms with Crippen LogP contribution in [0.2, 0.25) is 0 Å². The van der Waals surface area contributed by atoms with Gasteiger partial charge in [-0.25, -0.2) is 4.39 Å². The molecule has 0 atom stereocenters. The van der Waals surface area contributed by atoms with Crippen molar-refractivity contribution in [2.45, 2.75) is 6.54 Å². The molecule has 0 unspecified atom stereocenters. The number of fused-ring (bicyclic) bond motifs is 1. The number of rotatable bonds is 4. The van der Waals surface area contributed by atoms with Crippen molar-refractivity contribution in [2.75, 3.05) is 0 Å². The highest BCUT2D eigenvalue weighted by Gasteiger charge is 2.38. The third-order valence-electron chi connectivity index (χ3n) is 3.77. The summed E-state index contributed by atoms with van der Waals surface area (Å²) >= 11 is 0. The summed E-state index contributed by atoms with van der Waals surface area (Å²) in [5, 5.41) is 21.8. The van der Waals surface area contributed by atoms with Gasteiger partial charge in [-0.3, -0.25) is 34.7 Å². The van der Waals surface area contributed by atoms with E-state index in [1.54, 1.807) is 0 Å². The molecule has 1 heterocycles. The first-order valence-electron chi connectivity index (χ1n) is 6.87. The molecule has 2 aromatic rings. The molecule has 2 aromatic carbocycles. The monoisotopic (exact) mass is 345 g/mol. The summed E-state index contributed by atoms with van der Waals surface area (Å²) in [4.78, 5) is 45.6. The Balaban J connectivity index is 2.01. The molecule has 1 aliphatic rings. The highest BCUT2D eigenvalue weighted by Crippen LogP contribution is 2.30. The second-order valence-electron chi connectivity index (χ2n) is 5.18. The summed E-state index contributed by atoms with van der Waals surface area (Å²) in [5.41, 5.74) is -1.63. The van der Waals surface area contributed by atoms with Gasteiger partial charge >= 0.3 is 0 Å². The van der Waals surface area contributed by atoms with Crippen LogP contribution in [0.25, 0.3) is 0 Å². The van der Waals surface area contributed by atoms with Crippen molar-refractivity contribution >= 4 is 23.2 Å². The van der Waals surface area contributed by atoms with Crippen LogP contribution >= 0.6 is 0 Å². The van der Waals surface area contributed by atoms with Gasteiger partial charge in [0.1, 0.15) is 5.82 Å². The van der Waals surface area contributed by atoms with Gasteiger partial charge in [-0.2, -0.15) is 0 Å². The van der Waals surface area contributed by atoms with Crippen LogP contribution in [-0.2, 0) is 6.54 Å². The van der Waals surface area contributed by atoms with E-state index < -0.39 is 45.3 Å². The number of carbonyl (C=O) groups is 2. The minimum atomic E-state index is -0.934. The van der Waals surface area contributed by atoms with E-state index in [4.69, 9.17) is 0 Å². The Labute approximate surface area is 138 Å². The number of hydrogen-bond acceptors (Lipinski definition) is 6. The number of non-ortho nitro benzene ring substituents is 1. The molecule has 0 aromatic heterocycles. The molecule has 9 nitrogen and oxygen atoms in total. The molecule has 25 heavy (non-hydrogen) atoms. The highest BCUT2D eigenvalue weighted by molar-refractivity contribution is 6.21. The number of benzene rings is 2. The van der Waals surface area contributed by atoms with Gasteiger partial charge in [0.2, 0.25) is 0 Å². The second kappa shape index (κ2) is 5.74. The number of carbonyl (C=O) groups excluding carboxylic acids is 2. The molecule has 0 aliphatic carbocycles. The molecule has 0 saturated carbocycles. The molecule has 0 spiro atoms. The van der Waals surface area contributed by atoms with E-state index >= 15 is 0 Å². The van der Waals surface area contributed by atoms with Crippen LogP contribution in [0.3, 0.4) is 0 Å². The van der Waals surface area contributed by atoms with Crippen molar-refractivity contribution in [1.29, 1.82) is 0 Å². The molecule has 0 bridgehead atoms. The van der Waals surface area contributed by atoms with Crippen molar-refractivity contribution in [3.05, 3.63) is 79.1 Å². The van der Waals surface area contributed by atoms with Gasteiger partial charge in [0.15, 0.2) is 0 Å². The van der Waals surface area contributed by atoms with E-state index in [-0.39, 0.29) is 16.8 Å². The molecule has 3 rings (SSSR count). The first-order valence-corrected chi connectivity index (χ1v) is 6.87. The van der Waals surface area contributed by atoms with Gasteiger partial charge in [0, 0.05) is 18.2 Å². The Bertz CT molecular complexity index is 958. The summed E-state index contributed by atoms with van der Waals surface area (Å²) < 4.78 is 14.0. The molecular weight excluding hydrogens is 337 g/mol. The van der Waals surface area contributed by atoms with Crippen LogP contribution in [0.4, 0.5) is 15.8 Å². The molecule has 0 radical (unpaired) electrons. The van der Waals surface area contributed by atoms with Crippen LogP contribution in [0.15, 0.2) is 36.4 Å². The molecule has 0 fully saturated rings. The Morgan fingerprint density at radius 2 is 1.64 bits per heavy atom.